The predicted octanol–water partition coefficient (Wildman–Crippen LogP) is 6.69. The molecule has 3 aromatic rings. The molecule has 0 aliphatic heterocycles. The Hall–Kier alpha value is -2.94. The van der Waals surface area contributed by atoms with E-state index in [1.54, 1.807) is 20.3 Å². The number of carbonyl (C=O) groups excluding carboxylic acids is 1. The summed E-state index contributed by atoms with van der Waals surface area (Å²) in [5.74, 6) is 0.737. The van der Waals surface area contributed by atoms with E-state index in [1.807, 2.05) is 56.3 Å². The molecule has 0 aromatic heterocycles. The third kappa shape index (κ3) is 5.66. The second kappa shape index (κ2) is 11.2. The fourth-order valence-corrected chi connectivity index (χ4v) is 4.32. The van der Waals surface area contributed by atoms with E-state index in [1.165, 1.54) is 12.1 Å². The Bertz CT molecular complexity index is 1320. The molecule has 1 amide bonds. The summed E-state index contributed by atoms with van der Waals surface area (Å²) < 4.78 is 25.1. The number of rotatable bonds is 6. The fraction of sp³-hybridized carbons (Fsp3) is 0.172. The van der Waals surface area contributed by atoms with Crippen LogP contribution in [-0.4, -0.2) is 20.1 Å². The molecule has 1 aliphatic rings. The average molecular weight is 695 g/mol. The number of halogens is 1. The Morgan fingerprint density at radius 3 is 2.31 bits per heavy atom. The summed E-state index contributed by atoms with van der Waals surface area (Å²) in [7, 11) is 3.17. The maximum atomic E-state index is 14.2. The normalized spacial score (nSPS) is 13.3. The number of aryl methyl sites for hydroxylation is 1. The van der Waals surface area contributed by atoms with Crippen molar-refractivity contribution in [1.82, 2.24) is 0 Å². The van der Waals surface area contributed by atoms with Crippen LogP contribution in [0.1, 0.15) is 41.2 Å². The number of methoxy groups -OCH3 is 2. The first-order chi connectivity index (χ1) is 16.3. The third-order valence-electron chi connectivity index (χ3n) is 6.03. The number of fused-ring (bicyclic) bond motifs is 1. The molecular weight excluding hydrogens is 667 g/mol. The number of anilines is 1. The molecule has 1 aliphatic carbocycles. The van der Waals surface area contributed by atoms with E-state index in [2.05, 4.69) is 12.2 Å². The number of allylic oxidation sites excluding steroid dienone is 2. The third-order valence-corrected chi connectivity index (χ3v) is 6.03. The molecule has 0 heterocycles. The van der Waals surface area contributed by atoms with E-state index in [9.17, 15) is 9.18 Å². The zero-order valence-corrected chi connectivity index (χ0v) is 24.5. The van der Waals surface area contributed by atoms with Crippen LogP contribution in [0.4, 0.5) is 10.1 Å². The number of hydrogen-bond donors (Lipinski definition) is 1. The Balaban J connectivity index is 0.00000342. The molecule has 0 spiro atoms. The number of hydrogen-bond acceptors (Lipinski definition) is 3. The zero-order chi connectivity index (χ0) is 24.4. The Kier molecular flexibility index (Phi) is 8.53. The average Bonchev–Trinajstić information content (AvgIpc) is 3.05. The first-order valence-electron chi connectivity index (χ1n) is 11.0. The maximum absolute atomic E-state index is 14.2. The molecule has 0 unspecified atom stereocenters. The largest absolute Gasteiger partial charge is 0.553 e. The maximum Gasteiger partial charge on any atom is 0.228 e. The number of ether oxygens (including phenoxy) is 2. The summed E-state index contributed by atoms with van der Waals surface area (Å²) in [5.41, 5.74) is 7.60. The molecule has 0 saturated carbocycles. The number of amides is 1. The van der Waals surface area contributed by atoms with Gasteiger partial charge in [-0.2, -0.15) is 6.92 Å². The van der Waals surface area contributed by atoms with Crippen molar-refractivity contribution in [3.63, 3.8) is 0 Å². The van der Waals surface area contributed by atoms with Crippen molar-refractivity contribution in [1.29, 1.82) is 0 Å². The zero-order valence-electron chi connectivity index (χ0n) is 20.3. The Labute approximate surface area is 229 Å². The van der Waals surface area contributed by atoms with E-state index < -0.39 is 0 Å². The molecule has 0 fully saturated rings. The molecule has 1 N–H and O–H groups in total. The van der Waals surface area contributed by atoms with E-state index in [4.69, 9.17) is 9.47 Å². The van der Waals surface area contributed by atoms with Crippen LogP contribution < -0.4 is 14.8 Å². The van der Waals surface area contributed by atoms with Gasteiger partial charge >= 0.3 is 0 Å². The fourth-order valence-electron chi connectivity index (χ4n) is 4.32. The number of benzene rings is 3. The minimum Gasteiger partial charge on any atom is -0.553 e. The van der Waals surface area contributed by atoms with E-state index in [0.717, 1.165) is 44.7 Å². The molecule has 178 valence electrons. The van der Waals surface area contributed by atoms with Gasteiger partial charge in [-0.05, 0) is 83.2 Å². The van der Waals surface area contributed by atoms with Gasteiger partial charge in [-0.3, -0.25) is 4.79 Å². The van der Waals surface area contributed by atoms with Gasteiger partial charge in [0.25, 0.3) is 0 Å². The first kappa shape index (κ1) is 26.7. The standard InChI is InChI=1S/C29H27FNO3.U/c1-17-7-6-8-22(11-17)31-29(32)16-25-18(2)24(23-10-9-21(30)15-26(23)25)12-20-13-27(33-4)19(3)28(14-20)34-5;/h6-15H,3,16H2,1-2,4-5H3,(H,31,32);/q-1;/b24-12-;. The van der Waals surface area contributed by atoms with Crippen LogP contribution in [0.2, 0.25) is 0 Å². The molecular formula is C29H27FNO3U-. The SMILES string of the molecule is [CH2-]c1c(OC)cc(/C=C2/C(C)=C(CC(=O)Nc3cccc(C)c3)c3cc(F)ccc32)cc1OC.[U]. The van der Waals surface area contributed by atoms with Crippen LogP contribution in [0.3, 0.4) is 0 Å². The van der Waals surface area contributed by atoms with Gasteiger partial charge in [-0.15, -0.1) is 5.56 Å². The van der Waals surface area contributed by atoms with Crippen molar-refractivity contribution in [2.24, 2.45) is 0 Å². The minimum atomic E-state index is -0.339. The summed E-state index contributed by atoms with van der Waals surface area (Å²) in [4.78, 5) is 12.9. The number of carbonyl (C=O) groups is 1. The van der Waals surface area contributed by atoms with E-state index in [-0.39, 0.29) is 49.3 Å². The quantitative estimate of drug-likeness (QED) is 0.293. The van der Waals surface area contributed by atoms with Crippen molar-refractivity contribution < 1.29 is 49.8 Å². The van der Waals surface area contributed by atoms with Gasteiger partial charge < -0.3 is 14.8 Å². The molecule has 35 heavy (non-hydrogen) atoms. The monoisotopic (exact) mass is 694 g/mol. The molecule has 4 nitrogen and oxygen atoms in total. The molecule has 0 radical (unpaired) electrons. The summed E-state index contributed by atoms with van der Waals surface area (Å²) in [6.45, 7) is 7.95. The second-order valence-corrected chi connectivity index (χ2v) is 8.35. The van der Waals surface area contributed by atoms with Crippen molar-refractivity contribution in [3.05, 3.63) is 101 Å². The van der Waals surface area contributed by atoms with Crippen molar-refractivity contribution in [2.75, 3.05) is 19.5 Å². The van der Waals surface area contributed by atoms with Crippen molar-refractivity contribution >= 4 is 28.8 Å². The molecule has 0 saturated heterocycles. The molecule has 3 aromatic carbocycles. The van der Waals surface area contributed by atoms with Gasteiger partial charge in [0, 0.05) is 48.3 Å². The van der Waals surface area contributed by atoms with E-state index in [0.29, 0.717) is 17.1 Å². The smallest absolute Gasteiger partial charge is 0.228 e. The number of nitrogens with one attached hydrogen (secondary N) is 1. The topological polar surface area (TPSA) is 47.6 Å². The van der Waals surface area contributed by atoms with Gasteiger partial charge in [0.1, 0.15) is 5.82 Å². The van der Waals surface area contributed by atoms with Crippen LogP contribution in [0.25, 0.3) is 17.2 Å². The Morgan fingerprint density at radius 1 is 1.00 bits per heavy atom. The predicted molar refractivity (Wildman–Crippen MR) is 135 cm³/mol. The minimum absolute atomic E-state index is 0. The van der Waals surface area contributed by atoms with Crippen LogP contribution in [0.15, 0.2) is 60.2 Å². The van der Waals surface area contributed by atoms with Crippen molar-refractivity contribution in [3.8, 4) is 11.5 Å². The van der Waals surface area contributed by atoms with Gasteiger partial charge in [-0.25, -0.2) is 4.39 Å². The van der Waals surface area contributed by atoms with Gasteiger partial charge in [0.05, 0.1) is 20.6 Å². The van der Waals surface area contributed by atoms with Crippen molar-refractivity contribution in [2.45, 2.75) is 20.3 Å². The summed E-state index contributed by atoms with van der Waals surface area (Å²) >= 11 is 0. The van der Waals surface area contributed by atoms with Crippen LogP contribution in [-0.2, 0) is 4.79 Å². The van der Waals surface area contributed by atoms with Gasteiger partial charge in [-0.1, -0.05) is 30.3 Å². The summed E-state index contributed by atoms with van der Waals surface area (Å²) in [6.07, 6.45) is 2.14. The second-order valence-electron chi connectivity index (χ2n) is 8.35. The molecule has 0 bridgehead atoms. The van der Waals surface area contributed by atoms with Crippen LogP contribution in [0, 0.1) is 50.8 Å². The van der Waals surface area contributed by atoms with Gasteiger partial charge in [0.2, 0.25) is 5.91 Å². The Morgan fingerprint density at radius 2 is 1.69 bits per heavy atom. The first-order valence-corrected chi connectivity index (χ1v) is 11.0. The molecule has 6 heteroatoms. The van der Waals surface area contributed by atoms with Crippen LogP contribution in [0.5, 0.6) is 11.5 Å². The van der Waals surface area contributed by atoms with E-state index >= 15 is 0 Å². The van der Waals surface area contributed by atoms with Crippen LogP contribution >= 0.6 is 0 Å². The summed E-state index contributed by atoms with van der Waals surface area (Å²) in [5, 5.41) is 2.95. The van der Waals surface area contributed by atoms with Gasteiger partial charge in [0.15, 0.2) is 0 Å². The molecule has 0 atom stereocenters. The summed E-state index contributed by atoms with van der Waals surface area (Å²) in [6, 6.07) is 16.1. The molecule has 4 rings (SSSR count).